The Labute approximate surface area is 180 Å². The van der Waals surface area contributed by atoms with E-state index in [1.54, 1.807) is 6.07 Å². The molecule has 0 amide bonds. The SMILES string of the molecule is O=c1[nH]c(N2CCC3(CC2)CC(O)C3)nc2cc(OCCN3CCOCC3)cc(F)c12. The molecular weight excluding hydrogens is 403 g/mol. The Kier molecular flexibility index (Phi) is 5.58. The molecule has 2 saturated heterocycles. The van der Waals surface area contributed by atoms with Crippen LogP contribution >= 0.6 is 0 Å². The number of aromatic amines is 1. The summed E-state index contributed by atoms with van der Waals surface area (Å²) >= 11 is 0. The summed E-state index contributed by atoms with van der Waals surface area (Å²) in [6, 6.07) is 2.90. The van der Waals surface area contributed by atoms with Gasteiger partial charge in [0, 0.05) is 44.9 Å². The number of rotatable bonds is 5. The van der Waals surface area contributed by atoms with Gasteiger partial charge in [0.15, 0.2) is 0 Å². The molecule has 1 aromatic heterocycles. The molecule has 2 aliphatic heterocycles. The zero-order valence-corrected chi connectivity index (χ0v) is 17.6. The Balaban J connectivity index is 1.30. The number of piperidine rings is 1. The average Bonchev–Trinajstić information content (AvgIpc) is 2.73. The van der Waals surface area contributed by atoms with Gasteiger partial charge in [0.25, 0.3) is 5.56 Å². The summed E-state index contributed by atoms with van der Waals surface area (Å²) in [6.45, 7) is 5.87. The largest absolute Gasteiger partial charge is 0.492 e. The Hall–Kier alpha value is -2.23. The molecule has 3 fully saturated rings. The summed E-state index contributed by atoms with van der Waals surface area (Å²) in [5.41, 5.74) is 0.0666. The predicted molar refractivity (Wildman–Crippen MR) is 114 cm³/mol. The number of aromatic nitrogens is 2. The highest BCUT2D eigenvalue weighted by atomic mass is 19.1. The molecule has 0 unspecified atom stereocenters. The first kappa shape index (κ1) is 20.7. The molecule has 0 radical (unpaired) electrons. The number of hydrogen-bond donors (Lipinski definition) is 2. The number of ether oxygens (including phenoxy) is 2. The van der Waals surface area contributed by atoms with E-state index in [1.807, 2.05) is 4.90 Å². The van der Waals surface area contributed by atoms with Gasteiger partial charge in [-0.1, -0.05) is 0 Å². The van der Waals surface area contributed by atoms with Crippen LogP contribution in [0.1, 0.15) is 25.7 Å². The van der Waals surface area contributed by atoms with Crippen molar-refractivity contribution in [1.82, 2.24) is 14.9 Å². The van der Waals surface area contributed by atoms with Crippen molar-refractivity contribution in [2.45, 2.75) is 31.8 Å². The number of benzene rings is 1. The van der Waals surface area contributed by atoms with Crippen LogP contribution < -0.4 is 15.2 Å². The fraction of sp³-hybridized carbons (Fsp3) is 0.636. The van der Waals surface area contributed by atoms with Gasteiger partial charge in [-0.3, -0.25) is 14.7 Å². The van der Waals surface area contributed by atoms with Crippen molar-refractivity contribution >= 4 is 16.9 Å². The fourth-order valence-corrected chi connectivity index (χ4v) is 5.08. The van der Waals surface area contributed by atoms with E-state index in [2.05, 4.69) is 14.9 Å². The van der Waals surface area contributed by atoms with Crippen LogP contribution in [-0.2, 0) is 4.74 Å². The number of nitrogens with zero attached hydrogens (tertiary/aromatic N) is 3. The smallest absolute Gasteiger partial charge is 0.263 e. The van der Waals surface area contributed by atoms with Gasteiger partial charge >= 0.3 is 0 Å². The fourth-order valence-electron chi connectivity index (χ4n) is 5.08. The van der Waals surface area contributed by atoms with E-state index in [-0.39, 0.29) is 16.9 Å². The second-order valence-electron chi connectivity index (χ2n) is 9.04. The summed E-state index contributed by atoms with van der Waals surface area (Å²) in [6.07, 6.45) is 3.47. The van der Waals surface area contributed by atoms with E-state index < -0.39 is 11.4 Å². The van der Waals surface area contributed by atoms with Crippen molar-refractivity contribution in [3.05, 3.63) is 28.3 Å². The molecule has 2 aromatic rings. The Morgan fingerprint density at radius 1 is 1.23 bits per heavy atom. The molecule has 0 bridgehead atoms. The lowest BCUT2D eigenvalue weighted by molar-refractivity contribution is -0.0465. The molecule has 0 atom stereocenters. The summed E-state index contributed by atoms with van der Waals surface area (Å²) < 4.78 is 25.8. The first-order valence-electron chi connectivity index (χ1n) is 11.1. The molecule has 8 nitrogen and oxygen atoms in total. The van der Waals surface area contributed by atoms with Crippen LogP contribution in [-0.4, -0.2) is 78.6 Å². The minimum Gasteiger partial charge on any atom is -0.492 e. The Bertz CT molecular complexity index is 991. The number of nitrogens with one attached hydrogen (secondary N) is 1. The van der Waals surface area contributed by atoms with Gasteiger partial charge in [0.1, 0.15) is 23.6 Å². The molecule has 5 rings (SSSR count). The second kappa shape index (κ2) is 8.37. The van der Waals surface area contributed by atoms with E-state index in [0.717, 1.165) is 71.6 Å². The van der Waals surface area contributed by atoms with Crippen LogP contribution in [0.15, 0.2) is 16.9 Å². The van der Waals surface area contributed by atoms with Crippen LogP contribution in [0.4, 0.5) is 10.3 Å². The summed E-state index contributed by atoms with van der Waals surface area (Å²) in [5.74, 6) is 0.223. The molecule has 1 aromatic carbocycles. The second-order valence-corrected chi connectivity index (χ2v) is 9.04. The van der Waals surface area contributed by atoms with E-state index in [0.29, 0.717) is 23.8 Å². The minimum absolute atomic E-state index is 0.0418. The van der Waals surface area contributed by atoms with E-state index >= 15 is 0 Å². The molecule has 168 valence electrons. The highest BCUT2D eigenvalue weighted by Crippen LogP contribution is 2.49. The lowest BCUT2D eigenvalue weighted by atomic mass is 9.61. The van der Waals surface area contributed by atoms with E-state index in [1.165, 1.54) is 6.07 Å². The third-order valence-electron chi connectivity index (χ3n) is 6.96. The van der Waals surface area contributed by atoms with E-state index in [4.69, 9.17) is 9.47 Å². The number of halogens is 1. The van der Waals surface area contributed by atoms with Crippen molar-refractivity contribution in [3.63, 3.8) is 0 Å². The standard InChI is InChI=1S/C22H29FN4O4/c23-17-11-16(31-10-7-26-5-8-30-9-6-26)12-18-19(17)20(29)25-21(24-18)27-3-1-22(2-4-27)13-15(28)14-22/h11-12,15,28H,1-10,13-14H2,(H,24,25,29). The molecular formula is C22H29FN4O4. The van der Waals surface area contributed by atoms with Gasteiger partial charge in [-0.25, -0.2) is 9.37 Å². The Morgan fingerprint density at radius 2 is 1.97 bits per heavy atom. The zero-order chi connectivity index (χ0) is 21.4. The van der Waals surface area contributed by atoms with Crippen molar-refractivity contribution < 1.29 is 19.0 Å². The maximum absolute atomic E-state index is 14.7. The zero-order valence-electron chi connectivity index (χ0n) is 17.6. The summed E-state index contributed by atoms with van der Waals surface area (Å²) in [7, 11) is 0. The van der Waals surface area contributed by atoms with Gasteiger partial charge < -0.3 is 19.5 Å². The maximum Gasteiger partial charge on any atom is 0.263 e. The van der Waals surface area contributed by atoms with Crippen LogP contribution in [0.5, 0.6) is 5.75 Å². The summed E-state index contributed by atoms with van der Waals surface area (Å²) in [5, 5.41) is 9.62. The topological polar surface area (TPSA) is 90.9 Å². The molecule has 3 heterocycles. The molecule has 31 heavy (non-hydrogen) atoms. The molecule has 9 heteroatoms. The van der Waals surface area contributed by atoms with E-state index in [9.17, 15) is 14.3 Å². The predicted octanol–water partition coefficient (Wildman–Crippen LogP) is 1.51. The van der Waals surface area contributed by atoms with Gasteiger partial charge in [-0.15, -0.1) is 0 Å². The third-order valence-corrected chi connectivity index (χ3v) is 6.96. The van der Waals surface area contributed by atoms with Gasteiger partial charge in [0.05, 0.1) is 24.8 Å². The highest BCUT2D eigenvalue weighted by Gasteiger charge is 2.45. The molecule has 3 aliphatic rings. The number of fused-ring (bicyclic) bond motifs is 1. The van der Waals surface area contributed by atoms with Gasteiger partial charge in [0.2, 0.25) is 5.95 Å². The van der Waals surface area contributed by atoms with Crippen molar-refractivity contribution in [1.29, 1.82) is 0 Å². The van der Waals surface area contributed by atoms with Crippen LogP contribution in [0.3, 0.4) is 0 Å². The number of aliphatic hydroxyl groups is 1. The van der Waals surface area contributed by atoms with Crippen LogP contribution in [0.2, 0.25) is 0 Å². The lowest BCUT2D eigenvalue weighted by Gasteiger charge is -2.50. The van der Waals surface area contributed by atoms with Gasteiger partial charge in [-0.2, -0.15) is 0 Å². The van der Waals surface area contributed by atoms with Crippen molar-refractivity contribution in [2.75, 3.05) is 57.4 Å². The Morgan fingerprint density at radius 3 is 2.68 bits per heavy atom. The average molecular weight is 432 g/mol. The number of H-pyrrole nitrogens is 1. The lowest BCUT2D eigenvalue weighted by Crippen LogP contribution is -2.49. The molecule has 1 spiro atoms. The third kappa shape index (κ3) is 4.26. The summed E-state index contributed by atoms with van der Waals surface area (Å²) in [4.78, 5) is 24.2. The van der Waals surface area contributed by atoms with Gasteiger partial charge in [-0.05, 0) is 31.1 Å². The maximum atomic E-state index is 14.7. The number of hydrogen-bond acceptors (Lipinski definition) is 7. The molecule has 2 N–H and O–H groups in total. The normalized spacial score (nSPS) is 22.1. The number of morpholine rings is 1. The quantitative estimate of drug-likeness (QED) is 0.740. The minimum atomic E-state index is -0.625. The molecule has 1 saturated carbocycles. The number of anilines is 1. The number of aliphatic hydroxyl groups excluding tert-OH is 1. The first-order chi connectivity index (χ1) is 15.0. The van der Waals surface area contributed by atoms with Crippen molar-refractivity contribution in [3.8, 4) is 5.75 Å². The van der Waals surface area contributed by atoms with Crippen LogP contribution in [0.25, 0.3) is 10.9 Å². The first-order valence-corrected chi connectivity index (χ1v) is 11.1. The monoisotopic (exact) mass is 432 g/mol. The highest BCUT2D eigenvalue weighted by molar-refractivity contribution is 5.80. The van der Waals surface area contributed by atoms with Crippen molar-refractivity contribution in [2.24, 2.45) is 5.41 Å². The van der Waals surface area contributed by atoms with Crippen LogP contribution in [0, 0.1) is 11.2 Å². The molecule has 1 aliphatic carbocycles.